The zero-order valence-electron chi connectivity index (χ0n) is 23.3. The number of hydrogen-bond donors (Lipinski definition) is 1. The molecule has 0 radical (unpaired) electrons. The Balaban J connectivity index is 3.23. The molecule has 1 rings (SSSR count). The number of methoxy groups -OCH3 is 1. The van der Waals surface area contributed by atoms with Crippen LogP contribution in [0.5, 0.6) is 11.5 Å². The minimum atomic E-state index is -1.52. The summed E-state index contributed by atoms with van der Waals surface area (Å²) in [6, 6.07) is 4.70. The highest BCUT2D eigenvalue weighted by atomic mass is 16.6. The van der Waals surface area contributed by atoms with Crippen LogP contribution < -0.4 is 15.2 Å². The van der Waals surface area contributed by atoms with Gasteiger partial charge in [-0.15, -0.1) is 0 Å². The molecule has 208 valence electrons. The summed E-state index contributed by atoms with van der Waals surface area (Å²) >= 11 is 0. The van der Waals surface area contributed by atoms with Crippen molar-refractivity contribution in [2.75, 3.05) is 7.11 Å². The fourth-order valence-corrected chi connectivity index (χ4v) is 3.64. The van der Waals surface area contributed by atoms with Crippen LogP contribution >= 0.6 is 0 Å². The molecule has 0 bridgehead atoms. The number of carbonyl (C=O) groups excluding carboxylic acids is 4. The molecule has 0 heterocycles. The van der Waals surface area contributed by atoms with Gasteiger partial charge in [0.2, 0.25) is 0 Å². The Morgan fingerprint density at radius 3 is 1.89 bits per heavy atom. The maximum atomic E-state index is 12.6. The molecule has 0 saturated carbocycles. The van der Waals surface area contributed by atoms with E-state index in [4.69, 9.17) is 24.7 Å². The van der Waals surface area contributed by atoms with E-state index in [1.54, 1.807) is 19.9 Å². The molecule has 0 aliphatic heterocycles. The fourth-order valence-electron chi connectivity index (χ4n) is 3.64. The summed E-state index contributed by atoms with van der Waals surface area (Å²) in [6.45, 7) is 11.3. The van der Waals surface area contributed by atoms with Gasteiger partial charge in [-0.1, -0.05) is 40.7 Å². The van der Waals surface area contributed by atoms with Crippen molar-refractivity contribution in [1.82, 2.24) is 0 Å². The van der Waals surface area contributed by atoms with E-state index in [0.717, 1.165) is 0 Å². The molecule has 0 amide bonds. The summed E-state index contributed by atoms with van der Waals surface area (Å²) in [5.41, 5.74) is 5.50. The molecule has 0 fully saturated rings. The standard InChI is InChI=1S/C28H43NO8/c1-8-24(30)35-20(6)16-28(29,27(33)34-7)17-21-11-12-22(36-25(31)13-9-18(2)3)23(15-21)37-26(32)14-10-19(4)5/h11-12,15,18-20H,8-10,13-14,16-17,29H2,1-7H3/t20-,28?/m0/s1. The van der Waals surface area contributed by atoms with E-state index in [0.29, 0.717) is 30.2 Å². The van der Waals surface area contributed by atoms with E-state index in [-0.39, 0.29) is 43.6 Å². The van der Waals surface area contributed by atoms with Gasteiger partial charge in [0, 0.05) is 32.1 Å². The van der Waals surface area contributed by atoms with Gasteiger partial charge in [-0.25, -0.2) is 0 Å². The lowest BCUT2D eigenvalue weighted by Crippen LogP contribution is -2.53. The van der Waals surface area contributed by atoms with E-state index < -0.39 is 35.5 Å². The van der Waals surface area contributed by atoms with Crippen molar-refractivity contribution in [2.24, 2.45) is 17.6 Å². The van der Waals surface area contributed by atoms with Gasteiger partial charge in [0.15, 0.2) is 11.5 Å². The van der Waals surface area contributed by atoms with Crippen molar-refractivity contribution in [3.63, 3.8) is 0 Å². The number of nitrogens with two attached hydrogens (primary N) is 1. The van der Waals surface area contributed by atoms with Crippen molar-refractivity contribution in [3.05, 3.63) is 23.8 Å². The van der Waals surface area contributed by atoms with Gasteiger partial charge in [-0.2, -0.15) is 0 Å². The number of carbonyl (C=O) groups is 4. The molecular formula is C28H43NO8. The van der Waals surface area contributed by atoms with Crippen LogP contribution in [0.3, 0.4) is 0 Å². The van der Waals surface area contributed by atoms with Gasteiger partial charge in [0.1, 0.15) is 11.6 Å². The monoisotopic (exact) mass is 521 g/mol. The number of rotatable bonds is 15. The summed E-state index contributed by atoms with van der Waals surface area (Å²) in [5, 5.41) is 0. The first-order chi connectivity index (χ1) is 17.3. The van der Waals surface area contributed by atoms with Gasteiger partial charge in [0.05, 0.1) is 7.11 Å². The second-order valence-corrected chi connectivity index (χ2v) is 10.3. The van der Waals surface area contributed by atoms with Crippen LogP contribution in [-0.2, 0) is 35.1 Å². The highest BCUT2D eigenvalue weighted by Gasteiger charge is 2.38. The largest absolute Gasteiger partial charge is 0.468 e. The molecule has 0 saturated heterocycles. The molecule has 1 aromatic carbocycles. The molecule has 0 aliphatic rings. The molecule has 1 aromatic rings. The third-order valence-corrected chi connectivity index (χ3v) is 5.69. The van der Waals surface area contributed by atoms with E-state index >= 15 is 0 Å². The van der Waals surface area contributed by atoms with Gasteiger partial charge >= 0.3 is 23.9 Å². The van der Waals surface area contributed by atoms with Crippen LogP contribution in [0.2, 0.25) is 0 Å². The smallest absolute Gasteiger partial charge is 0.326 e. The average Bonchev–Trinajstić information content (AvgIpc) is 2.82. The third kappa shape index (κ3) is 11.8. The van der Waals surface area contributed by atoms with E-state index in [1.165, 1.54) is 19.2 Å². The molecule has 37 heavy (non-hydrogen) atoms. The summed E-state index contributed by atoms with van der Waals surface area (Å²) in [7, 11) is 1.23. The van der Waals surface area contributed by atoms with Crippen LogP contribution in [0.25, 0.3) is 0 Å². The van der Waals surface area contributed by atoms with Crippen molar-refractivity contribution in [1.29, 1.82) is 0 Å². The van der Waals surface area contributed by atoms with E-state index in [1.807, 2.05) is 27.7 Å². The van der Waals surface area contributed by atoms with Crippen LogP contribution in [0.4, 0.5) is 0 Å². The Labute approximate surface area is 220 Å². The van der Waals surface area contributed by atoms with Gasteiger partial charge in [-0.05, 0) is 49.3 Å². The lowest BCUT2D eigenvalue weighted by atomic mass is 9.86. The van der Waals surface area contributed by atoms with Gasteiger partial charge < -0.3 is 24.7 Å². The molecule has 0 aromatic heterocycles. The van der Waals surface area contributed by atoms with Crippen molar-refractivity contribution >= 4 is 23.9 Å². The number of benzene rings is 1. The first kappa shape index (κ1) is 32.1. The Kier molecular flexibility index (Phi) is 13.3. The second kappa shape index (κ2) is 15.3. The van der Waals surface area contributed by atoms with Crippen LogP contribution in [0.1, 0.15) is 85.6 Å². The second-order valence-electron chi connectivity index (χ2n) is 10.3. The molecular weight excluding hydrogens is 478 g/mol. The molecule has 9 nitrogen and oxygen atoms in total. The number of ether oxygens (including phenoxy) is 4. The SMILES string of the molecule is CCC(=O)O[C@@H](C)CC(N)(Cc1ccc(OC(=O)CCC(C)C)c(OC(=O)CCC(C)C)c1)C(=O)OC. The first-order valence-electron chi connectivity index (χ1n) is 12.9. The molecule has 2 atom stereocenters. The minimum absolute atomic E-state index is 0.00576. The van der Waals surface area contributed by atoms with Crippen LogP contribution in [-0.4, -0.2) is 42.6 Å². The summed E-state index contributed by atoms with van der Waals surface area (Å²) < 4.78 is 21.3. The van der Waals surface area contributed by atoms with Crippen molar-refractivity contribution in [3.8, 4) is 11.5 Å². The zero-order valence-corrected chi connectivity index (χ0v) is 23.3. The molecule has 9 heteroatoms. The van der Waals surface area contributed by atoms with Gasteiger partial charge in [-0.3, -0.25) is 19.2 Å². The lowest BCUT2D eigenvalue weighted by molar-refractivity contribution is -0.154. The lowest BCUT2D eigenvalue weighted by Gasteiger charge is -2.29. The topological polar surface area (TPSA) is 131 Å². The average molecular weight is 522 g/mol. The summed E-state index contributed by atoms with van der Waals surface area (Å²) in [5.74, 6) is -1.14. The van der Waals surface area contributed by atoms with Crippen molar-refractivity contribution in [2.45, 2.75) is 98.1 Å². The van der Waals surface area contributed by atoms with Crippen molar-refractivity contribution < 1.29 is 38.1 Å². The van der Waals surface area contributed by atoms with Crippen LogP contribution in [0.15, 0.2) is 18.2 Å². The highest BCUT2D eigenvalue weighted by Crippen LogP contribution is 2.32. The zero-order chi connectivity index (χ0) is 28.2. The quantitative estimate of drug-likeness (QED) is 0.261. The Hall–Kier alpha value is -2.94. The first-order valence-corrected chi connectivity index (χ1v) is 12.9. The maximum Gasteiger partial charge on any atom is 0.326 e. The Bertz CT molecular complexity index is 927. The molecule has 2 N–H and O–H groups in total. The summed E-state index contributed by atoms with van der Waals surface area (Å²) in [4.78, 5) is 49.2. The number of hydrogen-bond acceptors (Lipinski definition) is 9. The number of esters is 4. The Morgan fingerprint density at radius 2 is 1.41 bits per heavy atom. The summed E-state index contributed by atoms with van der Waals surface area (Å²) in [6.07, 6.45) is 1.32. The van der Waals surface area contributed by atoms with Gasteiger partial charge in [0.25, 0.3) is 0 Å². The predicted molar refractivity (Wildman–Crippen MR) is 139 cm³/mol. The fraction of sp³-hybridized carbons (Fsp3) is 0.643. The minimum Gasteiger partial charge on any atom is -0.468 e. The normalized spacial score (nSPS) is 13.6. The third-order valence-electron chi connectivity index (χ3n) is 5.69. The van der Waals surface area contributed by atoms with Crippen LogP contribution in [0, 0.1) is 11.8 Å². The molecule has 1 unspecified atom stereocenters. The predicted octanol–water partition coefficient (Wildman–Crippen LogP) is 4.51. The van der Waals surface area contributed by atoms with E-state index in [2.05, 4.69) is 0 Å². The Morgan fingerprint density at radius 1 is 0.865 bits per heavy atom. The molecule has 0 aliphatic carbocycles. The maximum absolute atomic E-state index is 12.6. The van der Waals surface area contributed by atoms with E-state index in [9.17, 15) is 19.2 Å². The molecule has 0 spiro atoms. The highest BCUT2D eigenvalue weighted by molar-refractivity contribution is 5.81.